The van der Waals surface area contributed by atoms with Crippen LogP contribution in [0.25, 0.3) is 0 Å². The Bertz CT molecular complexity index is 800. The maximum Gasteiger partial charge on any atom is 0.0794 e. The molecule has 0 radical (unpaired) electrons. The first-order valence-corrected chi connectivity index (χ1v) is 13.5. The van der Waals surface area contributed by atoms with Gasteiger partial charge in [0, 0.05) is 11.8 Å². The van der Waals surface area contributed by atoms with Crippen molar-refractivity contribution in [3.63, 3.8) is 0 Å². The van der Waals surface area contributed by atoms with E-state index in [1.54, 1.807) is 0 Å². The van der Waals surface area contributed by atoms with E-state index in [4.69, 9.17) is 11.6 Å². The Labute approximate surface area is 201 Å². The average Bonchev–Trinajstić information content (AvgIpc) is 3.08. The molecule has 3 heteroatoms. The summed E-state index contributed by atoms with van der Waals surface area (Å²) >= 11 is 5.58. The molecule has 0 bridgehead atoms. The van der Waals surface area contributed by atoms with E-state index in [1.807, 2.05) is 13.8 Å². The van der Waals surface area contributed by atoms with E-state index in [1.165, 1.54) is 37.7 Å². The number of hydrogen-bond donors (Lipinski definition) is 2. The van der Waals surface area contributed by atoms with E-state index in [9.17, 15) is 10.2 Å². The predicted molar refractivity (Wildman–Crippen MR) is 133 cm³/mol. The van der Waals surface area contributed by atoms with Crippen molar-refractivity contribution in [3.05, 3.63) is 11.6 Å². The van der Waals surface area contributed by atoms with E-state index in [-0.39, 0.29) is 5.41 Å². The van der Waals surface area contributed by atoms with Gasteiger partial charge < -0.3 is 10.2 Å². The molecular formula is C29H45ClO2. The van der Waals surface area contributed by atoms with Crippen LogP contribution in [0, 0.1) is 51.7 Å². The minimum atomic E-state index is -0.697. The Morgan fingerprint density at radius 1 is 1.16 bits per heavy atom. The topological polar surface area (TPSA) is 40.5 Å². The molecule has 0 aromatic rings. The van der Waals surface area contributed by atoms with Gasteiger partial charge in [0.1, 0.15) is 0 Å². The highest BCUT2D eigenvalue weighted by molar-refractivity contribution is 6.30. The molecule has 0 amide bonds. The van der Waals surface area contributed by atoms with Crippen LogP contribution in [0.3, 0.4) is 0 Å². The molecule has 4 aliphatic carbocycles. The number of aliphatic hydroxyl groups is 2. The summed E-state index contributed by atoms with van der Waals surface area (Å²) < 4.78 is 0. The van der Waals surface area contributed by atoms with Gasteiger partial charge in [-0.05, 0) is 130 Å². The molecule has 0 aromatic carbocycles. The first kappa shape index (κ1) is 24.6. The lowest BCUT2D eigenvalue weighted by Gasteiger charge is -2.59. The Hall–Kier alpha value is -0.490. The third kappa shape index (κ3) is 4.32. The Morgan fingerprint density at radius 3 is 2.59 bits per heavy atom. The van der Waals surface area contributed by atoms with Crippen LogP contribution < -0.4 is 0 Å². The van der Waals surface area contributed by atoms with Crippen LogP contribution >= 0.6 is 11.6 Å². The largest absolute Gasteiger partial charge is 0.390 e. The van der Waals surface area contributed by atoms with Crippen molar-refractivity contribution in [2.24, 2.45) is 40.4 Å². The second kappa shape index (κ2) is 8.62. The normalized spacial score (nSPS) is 44.4. The molecular weight excluding hydrogens is 416 g/mol. The molecule has 180 valence electrons. The second-order valence-electron chi connectivity index (χ2n) is 13.2. The Kier molecular flexibility index (Phi) is 6.64. The molecule has 3 saturated carbocycles. The first-order chi connectivity index (χ1) is 14.9. The maximum absolute atomic E-state index is 11.1. The Morgan fingerprint density at radius 2 is 1.91 bits per heavy atom. The lowest BCUT2D eigenvalue weighted by atomic mass is 9.46. The van der Waals surface area contributed by atoms with E-state index < -0.39 is 11.2 Å². The monoisotopic (exact) mass is 460 g/mol. The molecule has 0 heterocycles. The van der Waals surface area contributed by atoms with Gasteiger partial charge in [-0.3, -0.25) is 0 Å². The van der Waals surface area contributed by atoms with Crippen molar-refractivity contribution < 1.29 is 10.2 Å². The van der Waals surface area contributed by atoms with Gasteiger partial charge >= 0.3 is 0 Å². The molecule has 0 spiro atoms. The quantitative estimate of drug-likeness (QED) is 0.340. The zero-order valence-corrected chi connectivity index (χ0v) is 21.8. The van der Waals surface area contributed by atoms with Gasteiger partial charge in [0.25, 0.3) is 0 Å². The third-order valence-electron chi connectivity index (χ3n) is 10.7. The minimum Gasteiger partial charge on any atom is -0.390 e. The molecule has 0 aromatic heterocycles. The second-order valence-corrected chi connectivity index (χ2v) is 13.4. The van der Waals surface area contributed by atoms with Crippen LogP contribution in [0.1, 0.15) is 105 Å². The van der Waals surface area contributed by atoms with Crippen molar-refractivity contribution in [1.29, 1.82) is 0 Å². The highest BCUT2D eigenvalue weighted by Gasteiger charge is 2.59. The standard InChI is InChI=1S/C29H45ClO2/c1-20(11-14-26(2,3)31)23-9-10-24-22-8-7-21-19-29(32,13-6-18-30)17-16-27(21,4)25(22)12-15-28(23,24)5/h7,20,22-25,31-32H,8-17,19H2,1-5H3/t20?,22?,23?,24?,25?,27-,28+,29-/m0/s1. The summed E-state index contributed by atoms with van der Waals surface area (Å²) in [6.07, 6.45) is 14.4. The number of rotatable bonds is 5. The summed E-state index contributed by atoms with van der Waals surface area (Å²) in [6, 6.07) is 0. The smallest absolute Gasteiger partial charge is 0.0794 e. The molecule has 0 aliphatic heterocycles. The zero-order valence-electron chi connectivity index (χ0n) is 21.0. The van der Waals surface area contributed by atoms with Crippen molar-refractivity contribution >= 4 is 11.6 Å². The van der Waals surface area contributed by atoms with Gasteiger partial charge in [0.15, 0.2) is 0 Å². The van der Waals surface area contributed by atoms with Crippen molar-refractivity contribution in [1.82, 2.24) is 0 Å². The van der Waals surface area contributed by atoms with Crippen LogP contribution in [0.2, 0.25) is 0 Å². The van der Waals surface area contributed by atoms with Gasteiger partial charge in [-0.15, -0.1) is 0 Å². The summed E-state index contributed by atoms with van der Waals surface area (Å²) in [6.45, 7) is 11.5. The molecule has 0 saturated heterocycles. The van der Waals surface area contributed by atoms with E-state index in [2.05, 4.69) is 38.1 Å². The molecule has 4 aliphatic rings. The molecule has 2 nitrogen and oxygen atoms in total. The lowest BCUT2D eigenvalue weighted by molar-refractivity contribution is -0.0741. The molecule has 5 unspecified atom stereocenters. The van der Waals surface area contributed by atoms with E-state index in [0.29, 0.717) is 17.8 Å². The van der Waals surface area contributed by atoms with E-state index in [0.717, 1.165) is 55.8 Å². The van der Waals surface area contributed by atoms with Gasteiger partial charge in [0.05, 0.1) is 11.2 Å². The van der Waals surface area contributed by atoms with Gasteiger partial charge in [-0.25, -0.2) is 0 Å². The van der Waals surface area contributed by atoms with Crippen molar-refractivity contribution in [3.8, 4) is 11.3 Å². The summed E-state index contributed by atoms with van der Waals surface area (Å²) in [4.78, 5) is 0. The summed E-state index contributed by atoms with van der Waals surface area (Å²) in [5.74, 6) is 6.77. The van der Waals surface area contributed by atoms with Crippen molar-refractivity contribution in [2.45, 2.75) is 116 Å². The van der Waals surface area contributed by atoms with E-state index >= 15 is 0 Å². The molecule has 2 N–H and O–H groups in total. The zero-order chi connectivity index (χ0) is 23.4. The summed E-state index contributed by atoms with van der Waals surface area (Å²) in [5.41, 5.74) is 0.948. The summed E-state index contributed by atoms with van der Waals surface area (Å²) in [7, 11) is 0. The molecule has 3 fully saturated rings. The Balaban J connectivity index is 1.51. The van der Waals surface area contributed by atoms with Gasteiger partial charge in [0.2, 0.25) is 0 Å². The van der Waals surface area contributed by atoms with Gasteiger partial charge in [-0.1, -0.05) is 38.3 Å². The third-order valence-corrected chi connectivity index (χ3v) is 10.8. The number of hydrogen-bond acceptors (Lipinski definition) is 2. The fraction of sp³-hybridized carbons (Fsp3) is 0.862. The van der Waals surface area contributed by atoms with Gasteiger partial charge in [-0.2, -0.15) is 0 Å². The minimum absolute atomic E-state index is 0.246. The number of fused-ring (bicyclic) bond motifs is 5. The van der Waals surface area contributed by atoms with Crippen LogP contribution in [-0.2, 0) is 0 Å². The SMILES string of the molecule is CC(CCC(C)(C)O)C1CCC2C3CC=C4C[C@](O)(CC#CCl)CC[C@]4(C)C3CC[C@]12C. The van der Waals surface area contributed by atoms with Crippen molar-refractivity contribution in [2.75, 3.05) is 0 Å². The maximum atomic E-state index is 11.1. The van der Waals surface area contributed by atoms with Crippen LogP contribution in [0.5, 0.6) is 0 Å². The number of halogens is 1. The summed E-state index contributed by atoms with van der Waals surface area (Å²) in [5, 5.41) is 23.8. The lowest BCUT2D eigenvalue weighted by Crippen LogP contribution is -2.52. The molecule has 4 rings (SSSR count). The van der Waals surface area contributed by atoms with Crippen LogP contribution in [-0.4, -0.2) is 21.4 Å². The highest BCUT2D eigenvalue weighted by Crippen LogP contribution is 2.67. The molecule has 8 atom stereocenters. The van der Waals surface area contributed by atoms with Crippen LogP contribution in [0.15, 0.2) is 11.6 Å². The average molecular weight is 461 g/mol. The van der Waals surface area contributed by atoms with Crippen LogP contribution in [0.4, 0.5) is 0 Å². The first-order valence-electron chi connectivity index (χ1n) is 13.1. The fourth-order valence-electron chi connectivity index (χ4n) is 8.82. The highest BCUT2D eigenvalue weighted by atomic mass is 35.5. The predicted octanol–water partition coefficient (Wildman–Crippen LogP) is 7.07. The molecule has 32 heavy (non-hydrogen) atoms. The fourth-order valence-corrected chi connectivity index (χ4v) is 8.89. The number of allylic oxidation sites excluding steroid dienone is 1.